The third kappa shape index (κ3) is 3.85. The molecule has 0 unspecified atom stereocenters. The molecule has 4 nitrogen and oxygen atoms in total. The topological polar surface area (TPSA) is 54.9 Å². The minimum Gasteiger partial charge on any atom is -0.350 e. The maximum absolute atomic E-state index is 12.4. The second-order valence-electron chi connectivity index (χ2n) is 6.24. The normalized spacial score (nSPS) is 15.2. The van der Waals surface area contributed by atoms with Gasteiger partial charge >= 0.3 is 0 Å². The summed E-state index contributed by atoms with van der Waals surface area (Å²) >= 11 is 3.17. The van der Waals surface area contributed by atoms with Crippen LogP contribution in [0.1, 0.15) is 36.4 Å². The molecule has 25 heavy (non-hydrogen) atoms. The van der Waals surface area contributed by atoms with Crippen molar-refractivity contribution in [3.05, 3.63) is 52.5 Å². The first-order chi connectivity index (χ1) is 12.2. The Labute approximate surface area is 155 Å². The van der Waals surface area contributed by atoms with E-state index < -0.39 is 0 Å². The highest BCUT2D eigenvalue weighted by atomic mass is 32.2. The SMILES string of the molecule is C[C@@H](Sc1nc(C2CC2)nc2ccccc12)C(=O)NCc1cccs1. The molecule has 6 heteroatoms. The van der Waals surface area contributed by atoms with Crippen LogP contribution in [0, 0.1) is 0 Å². The van der Waals surface area contributed by atoms with E-state index in [2.05, 4.69) is 5.32 Å². The van der Waals surface area contributed by atoms with Crippen LogP contribution in [0.15, 0.2) is 46.8 Å². The average molecular weight is 370 g/mol. The molecule has 1 fully saturated rings. The van der Waals surface area contributed by atoms with Gasteiger partial charge in [-0.25, -0.2) is 9.97 Å². The van der Waals surface area contributed by atoms with Crippen molar-refractivity contribution in [1.29, 1.82) is 0 Å². The number of amides is 1. The van der Waals surface area contributed by atoms with Gasteiger partial charge in [0.05, 0.1) is 17.3 Å². The summed E-state index contributed by atoms with van der Waals surface area (Å²) < 4.78 is 0. The number of nitrogens with zero attached hydrogens (tertiary/aromatic N) is 2. The Morgan fingerprint density at radius 1 is 1.28 bits per heavy atom. The molecule has 0 spiro atoms. The molecule has 1 aliphatic rings. The Balaban J connectivity index is 1.51. The summed E-state index contributed by atoms with van der Waals surface area (Å²) in [7, 11) is 0. The maximum Gasteiger partial charge on any atom is 0.233 e. The molecule has 0 bridgehead atoms. The lowest BCUT2D eigenvalue weighted by Gasteiger charge is -2.13. The molecular weight excluding hydrogens is 350 g/mol. The van der Waals surface area contributed by atoms with E-state index >= 15 is 0 Å². The molecule has 0 saturated heterocycles. The zero-order valence-corrected chi connectivity index (χ0v) is 15.6. The molecule has 4 rings (SSSR count). The van der Waals surface area contributed by atoms with Crippen molar-refractivity contribution in [2.75, 3.05) is 0 Å². The number of benzene rings is 1. The second kappa shape index (κ2) is 7.14. The van der Waals surface area contributed by atoms with E-state index in [1.165, 1.54) is 24.6 Å². The van der Waals surface area contributed by atoms with Crippen LogP contribution in [0.5, 0.6) is 0 Å². The largest absolute Gasteiger partial charge is 0.350 e. The van der Waals surface area contributed by atoms with E-state index in [-0.39, 0.29) is 11.2 Å². The predicted octanol–water partition coefficient (Wildman–Crippen LogP) is 4.37. The number of hydrogen-bond acceptors (Lipinski definition) is 5. The van der Waals surface area contributed by atoms with E-state index in [0.717, 1.165) is 26.6 Å². The van der Waals surface area contributed by atoms with Gasteiger partial charge in [0.2, 0.25) is 5.91 Å². The number of para-hydroxylation sites is 1. The van der Waals surface area contributed by atoms with E-state index in [9.17, 15) is 4.79 Å². The number of hydrogen-bond donors (Lipinski definition) is 1. The molecule has 1 aromatic carbocycles. The van der Waals surface area contributed by atoms with Crippen molar-refractivity contribution < 1.29 is 4.79 Å². The summed E-state index contributed by atoms with van der Waals surface area (Å²) in [5.74, 6) is 1.45. The number of rotatable bonds is 6. The molecule has 0 aliphatic heterocycles. The lowest BCUT2D eigenvalue weighted by Crippen LogP contribution is -2.30. The quantitative estimate of drug-likeness (QED) is 0.518. The van der Waals surface area contributed by atoms with Gasteiger partial charge in [0, 0.05) is 16.2 Å². The van der Waals surface area contributed by atoms with Crippen molar-refractivity contribution in [3.63, 3.8) is 0 Å². The van der Waals surface area contributed by atoms with Crippen LogP contribution in [-0.2, 0) is 11.3 Å². The Kier molecular flexibility index (Phi) is 4.72. The zero-order valence-electron chi connectivity index (χ0n) is 13.9. The van der Waals surface area contributed by atoms with Gasteiger partial charge in [-0.2, -0.15) is 0 Å². The molecule has 1 saturated carbocycles. The molecule has 2 aromatic heterocycles. The van der Waals surface area contributed by atoms with Crippen LogP contribution in [0.4, 0.5) is 0 Å². The monoisotopic (exact) mass is 369 g/mol. The van der Waals surface area contributed by atoms with Crippen molar-refractivity contribution in [3.8, 4) is 0 Å². The Morgan fingerprint density at radius 3 is 2.88 bits per heavy atom. The first-order valence-corrected chi connectivity index (χ1v) is 10.2. The second-order valence-corrected chi connectivity index (χ2v) is 8.60. The average Bonchev–Trinajstić information content (AvgIpc) is 3.35. The molecule has 2 heterocycles. The molecule has 1 amide bonds. The molecule has 1 N–H and O–H groups in total. The predicted molar refractivity (Wildman–Crippen MR) is 103 cm³/mol. The Bertz CT molecular complexity index is 891. The summed E-state index contributed by atoms with van der Waals surface area (Å²) in [5, 5.41) is 6.76. The fraction of sp³-hybridized carbons (Fsp3) is 0.316. The zero-order chi connectivity index (χ0) is 17.2. The lowest BCUT2D eigenvalue weighted by molar-refractivity contribution is -0.120. The van der Waals surface area contributed by atoms with Crippen LogP contribution in [0.3, 0.4) is 0 Å². The Hall–Kier alpha value is -1.92. The summed E-state index contributed by atoms with van der Waals surface area (Å²) in [5.41, 5.74) is 0.966. The van der Waals surface area contributed by atoms with Crippen LogP contribution in [0.25, 0.3) is 10.9 Å². The minimum absolute atomic E-state index is 0.0362. The highest BCUT2D eigenvalue weighted by Gasteiger charge is 2.28. The molecular formula is C19H19N3OS2. The first-order valence-electron chi connectivity index (χ1n) is 8.44. The number of aromatic nitrogens is 2. The number of thiophene rings is 1. The fourth-order valence-corrected chi connectivity index (χ4v) is 4.25. The molecule has 128 valence electrons. The van der Waals surface area contributed by atoms with E-state index in [1.807, 2.05) is 48.7 Å². The summed E-state index contributed by atoms with van der Waals surface area (Å²) in [4.78, 5) is 23.1. The molecule has 3 aromatic rings. The number of thioether (sulfide) groups is 1. The van der Waals surface area contributed by atoms with Gasteiger partial charge < -0.3 is 5.32 Å². The first kappa shape index (κ1) is 16.5. The number of carbonyl (C=O) groups is 1. The summed E-state index contributed by atoms with van der Waals surface area (Å²) in [6, 6.07) is 12.1. The van der Waals surface area contributed by atoms with Crippen LogP contribution in [-0.4, -0.2) is 21.1 Å². The summed E-state index contributed by atoms with van der Waals surface area (Å²) in [6.45, 7) is 2.52. The van der Waals surface area contributed by atoms with Gasteiger partial charge in [-0.15, -0.1) is 11.3 Å². The standard InChI is InChI=1S/C19H19N3OS2/c1-12(18(23)20-11-14-5-4-10-24-14)25-19-15-6-2-3-7-16(15)21-17(22-19)13-8-9-13/h2-7,10,12-13H,8-9,11H2,1H3,(H,20,23)/t12-/m1/s1. The molecule has 0 radical (unpaired) electrons. The van der Waals surface area contributed by atoms with Crippen molar-refractivity contribution in [2.24, 2.45) is 0 Å². The highest BCUT2D eigenvalue weighted by molar-refractivity contribution is 8.00. The highest BCUT2D eigenvalue weighted by Crippen LogP contribution is 2.40. The Morgan fingerprint density at radius 2 is 2.12 bits per heavy atom. The van der Waals surface area contributed by atoms with Crippen molar-refractivity contribution >= 4 is 39.9 Å². The fourth-order valence-electron chi connectivity index (χ4n) is 2.63. The third-order valence-corrected chi connectivity index (χ3v) is 6.18. The smallest absolute Gasteiger partial charge is 0.233 e. The molecule has 1 aliphatic carbocycles. The van der Waals surface area contributed by atoms with E-state index in [4.69, 9.17) is 9.97 Å². The number of fused-ring (bicyclic) bond motifs is 1. The van der Waals surface area contributed by atoms with E-state index in [1.54, 1.807) is 11.3 Å². The third-order valence-electron chi connectivity index (χ3n) is 4.20. The number of carbonyl (C=O) groups excluding carboxylic acids is 1. The van der Waals surface area contributed by atoms with Gasteiger partial charge in [-0.05, 0) is 37.3 Å². The lowest BCUT2D eigenvalue weighted by atomic mass is 10.2. The van der Waals surface area contributed by atoms with Gasteiger partial charge in [-0.3, -0.25) is 4.79 Å². The van der Waals surface area contributed by atoms with Gasteiger partial charge in [-0.1, -0.05) is 36.0 Å². The maximum atomic E-state index is 12.4. The van der Waals surface area contributed by atoms with Gasteiger partial charge in [0.15, 0.2) is 0 Å². The van der Waals surface area contributed by atoms with Crippen molar-refractivity contribution in [1.82, 2.24) is 15.3 Å². The minimum atomic E-state index is -0.203. The molecule has 1 atom stereocenters. The van der Waals surface area contributed by atoms with Crippen molar-refractivity contribution in [2.45, 2.75) is 42.5 Å². The number of nitrogens with one attached hydrogen (secondary N) is 1. The van der Waals surface area contributed by atoms with Gasteiger partial charge in [0.25, 0.3) is 0 Å². The summed E-state index contributed by atoms with van der Waals surface area (Å²) in [6.07, 6.45) is 2.33. The van der Waals surface area contributed by atoms with Crippen LogP contribution >= 0.6 is 23.1 Å². The van der Waals surface area contributed by atoms with Gasteiger partial charge in [0.1, 0.15) is 10.9 Å². The van der Waals surface area contributed by atoms with Crippen LogP contribution < -0.4 is 5.32 Å². The van der Waals surface area contributed by atoms with Crippen LogP contribution in [0.2, 0.25) is 0 Å². The van der Waals surface area contributed by atoms with E-state index in [0.29, 0.717) is 12.5 Å².